The third-order valence-corrected chi connectivity index (χ3v) is 5.19. The second kappa shape index (κ2) is 11.1. The summed E-state index contributed by atoms with van der Waals surface area (Å²) in [4.78, 5) is 19.3. The average molecular weight is 388 g/mol. The van der Waals surface area contributed by atoms with Crippen LogP contribution in [-0.2, 0) is 6.54 Å². The zero-order chi connectivity index (χ0) is 20.4. The minimum atomic E-state index is -0.0401. The molecule has 1 aliphatic rings. The van der Waals surface area contributed by atoms with Crippen molar-refractivity contribution in [2.24, 2.45) is 4.99 Å². The van der Waals surface area contributed by atoms with Crippen LogP contribution in [0.4, 0.5) is 0 Å². The molecule has 0 unspecified atom stereocenters. The standard InChI is InChI=1S/C22H37N5O/c1-5-23-20(28)19-12-10-11-18(15-19)16-25-21(24-6-2)26-17-22(3,4)27-13-8-7-9-14-27/h10-12,15H,5-9,13-14,16-17H2,1-4H3,(H,23,28)(H2,24,25,26). The van der Waals surface area contributed by atoms with Crippen LogP contribution in [0.5, 0.6) is 0 Å². The first-order valence-electron chi connectivity index (χ1n) is 10.6. The summed E-state index contributed by atoms with van der Waals surface area (Å²) in [5.41, 5.74) is 1.80. The Balaban J connectivity index is 1.98. The molecule has 3 N–H and O–H groups in total. The number of hydrogen-bond acceptors (Lipinski definition) is 3. The van der Waals surface area contributed by atoms with Crippen LogP contribution in [0.15, 0.2) is 29.3 Å². The third-order valence-electron chi connectivity index (χ3n) is 5.19. The third kappa shape index (κ3) is 6.82. The normalized spacial score (nSPS) is 15.9. The summed E-state index contributed by atoms with van der Waals surface area (Å²) < 4.78 is 0. The number of nitrogens with zero attached hydrogens (tertiary/aromatic N) is 2. The molecule has 1 aliphatic heterocycles. The first-order valence-corrected chi connectivity index (χ1v) is 10.6. The van der Waals surface area contributed by atoms with Gasteiger partial charge in [0.1, 0.15) is 0 Å². The van der Waals surface area contributed by atoms with Gasteiger partial charge in [0, 0.05) is 30.7 Å². The Morgan fingerprint density at radius 3 is 2.46 bits per heavy atom. The van der Waals surface area contributed by atoms with Gasteiger partial charge in [0.05, 0.1) is 6.54 Å². The van der Waals surface area contributed by atoms with Gasteiger partial charge in [0.25, 0.3) is 5.91 Å². The highest BCUT2D eigenvalue weighted by Gasteiger charge is 2.27. The molecule has 0 radical (unpaired) electrons. The smallest absolute Gasteiger partial charge is 0.251 e. The maximum absolute atomic E-state index is 12.0. The molecule has 28 heavy (non-hydrogen) atoms. The molecule has 0 saturated carbocycles. The predicted molar refractivity (Wildman–Crippen MR) is 117 cm³/mol. The van der Waals surface area contributed by atoms with Crippen LogP contribution in [0.2, 0.25) is 0 Å². The number of nitrogens with one attached hydrogen (secondary N) is 3. The van der Waals surface area contributed by atoms with Gasteiger partial charge in [-0.25, -0.2) is 4.99 Å². The highest BCUT2D eigenvalue weighted by Crippen LogP contribution is 2.19. The van der Waals surface area contributed by atoms with Gasteiger partial charge in [-0.15, -0.1) is 0 Å². The number of hydrogen-bond donors (Lipinski definition) is 3. The van der Waals surface area contributed by atoms with Crippen molar-refractivity contribution in [2.75, 3.05) is 32.7 Å². The second-order valence-corrected chi connectivity index (χ2v) is 7.97. The number of benzene rings is 1. The molecular weight excluding hydrogens is 350 g/mol. The monoisotopic (exact) mass is 387 g/mol. The molecule has 1 heterocycles. The molecule has 0 bridgehead atoms. The fraction of sp³-hybridized carbons (Fsp3) is 0.636. The van der Waals surface area contributed by atoms with Crippen molar-refractivity contribution in [3.63, 3.8) is 0 Å². The number of amides is 1. The van der Waals surface area contributed by atoms with E-state index in [2.05, 4.69) is 41.6 Å². The summed E-state index contributed by atoms with van der Waals surface area (Å²) in [6.45, 7) is 13.8. The molecule has 0 aromatic heterocycles. The molecule has 1 aromatic carbocycles. The van der Waals surface area contributed by atoms with Crippen molar-refractivity contribution < 1.29 is 4.79 Å². The Morgan fingerprint density at radius 2 is 1.79 bits per heavy atom. The van der Waals surface area contributed by atoms with Gasteiger partial charge in [0.2, 0.25) is 0 Å². The van der Waals surface area contributed by atoms with Crippen molar-refractivity contribution in [1.82, 2.24) is 20.9 Å². The molecular formula is C22H37N5O. The van der Waals surface area contributed by atoms with Crippen LogP contribution < -0.4 is 16.0 Å². The molecule has 1 aromatic rings. The van der Waals surface area contributed by atoms with E-state index >= 15 is 0 Å². The van der Waals surface area contributed by atoms with Gasteiger partial charge >= 0.3 is 0 Å². The Bertz CT molecular complexity index is 650. The lowest BCUT2D eigenvalue weighted by molar-refractivity contribution is 0.0955. The van der Waals surface area contributed by atoms with Crippen molar-refractivity contribution in [3.8, 4) is 0 Å². The van der Waals surface area contributed by atoms with Crippen molar-refractivity contribution in [2.45, 2.75) is 59.0 Å². The predicted octanol–water partition coefficient (Wildman–Crippen LogP) is 2.76. The van der Waals surface area contributed by atoms with Crippen molar-refractivity contribution in [1.29, 1.82) is 0 Å². The summed E-state index contributed by atoms with van der Waals surface area (Å²) in [6, 6.07) is 7.67. The number of rotatable bonds is 8. The zero-order valence-electron chi connectivity index (χ0n) is 18.0. The van der Waals surface area contributed by atoms with E-state index in [0.29, 0.717) is 18.7 Å². The van der Waals surface area contributed by atoms with Gasteiger partial charge in [-0.05, 0) is 71.3 Å². The van der Waals surface area contributed by atoms with Crippen molar-refractivity contribution in [3.05, 3.63) is 35.4 Å². The molecule has 1 fully saturated rings. The van der Waals surface area contributed by atoms with Gasteiger partial charge in [0.15, 0.2) is 5.96 Å². The molecule has 1 saturated heterocycles. The van der Waals surface area contributed by atoms with Crippen LogP contribution in [0.3, 0.4) is 0 Å². The Labute approximate surface area is 170 Å². The van der Waals surface area contributed by atoms with Crippen LogP contribution >= 0.6 is 0 Å². The molecule has 1 amide bonds. The van der Waals surface area contributed by atoms with E-state index in [4.69, 9.17) is 4.99 Å². The number of guanidine groups is 1. The lowest BCUT2D eigenvalue weighted by Crippen LogP contribution is -2.54. The molecule has 6 nitrogen and oxygen atoms in total. The quantitative estimate of drug-likeness (QED) is 0.474. The number of carbonyl (C=O) groups is 1. The highest BCUT2D eigenvalue weighted by atomic mass is 16.1. The maximum Gasteiger partial charge on any atom is 0.251 e. The second-order valence-electron chi connectivity index (χ2n) is 7.97. The van der Waals surface area contributed by atoms with Gasteiger partial charge in [-0.1, -0.05) is 18.6 Å². The Kier molecular flexibility index (Phi) is 8.77. The van der Waals surface area contributed by atoms with E-state index in [9.17, 15) is 4.79 Å². The minimum Gasteiger partial charge on any atom is -0.357 e. The van der Waals surface area contributed by atoms with Crippen LogP contribution in [-0.4, -0.2) is 55.0 Å². The minimum absolute atomic E-state index is 0.0401. The summed E-state index contributed by atoms with van der Waals surface area (Å²) in [7, 11) is 0. The molecule has 0 spiro atoms. The molecule has 2 rings (SSSR count). The maximum atomic E-state index is 12.0. The summed E-state index contributed by atoms with van der Waals surface area (Å²) in [6.07, 6.45) is 3.93. The molecule has 0 atom stereocenters. The number of piperidine rings is 1. The van der Waals surface area contributed by atoms with E-state index in [1.165, 1.54) is 32.4 Å². The number of carbonyl (C=O) groups excluding carboxylic acids is 1. The van der Waals surface area contributed by atoms with Crippen LogP contribution in [0.25, 0.3) is 0 Å². The first kappa shape index (κ1) is 22.2. The largest absolute Gasteiger partial charge is 0.357 e. The van der Waals surface area contributed by atoms with Crippen LogP contribution in [0, 0.1) is 0 Å². The fourth-order valence-electron chi connectivity index (χ4n) is 3.50. The highest BCUT2D eigenvalue weighted by molar-refractivity contribution is 5.94. The van der Waals surface area contributed by atoms with Gasteiger partial charge < -0.3 is 16.0 Å². The fourth-order valence-corrected chi connectivity index (χ4v) is 3.50. The summed E-state index contributed by atoms with van der Waals surface area (Å²) >= 11 is 0. The summed E-state index contributed by atoms with van der Waals surface area (Å²) in [5.74, 6) is 0.776. The lowest BCUT2D eigenvalue weighted by atomic mass is 9.98. The Hall–Kier alpha value is -2.08. The average Bonchev–Trinajstić information content (AvgIpc) is 2.71. The molecule has 156 valence electrons. The van der Waals surface area contributed by atoms with Crippen LogP contribution in [0.1, 0.15) is 62.9 Å². The SMILES string of the molecule is CCNC(=O)c1cccc(CN=C(NCC)NCC(C)(C)N2CCCCC2)c1. The molecule has 6 heteroatoms. The number of likely N-dealkylation sites (tertiary alicyclic amines) is 1. The molecule has 0 aliphatic carbocycles. The van der Waals surface area contributed by atoms with E-state index in [-0.39, 0.29) is 11.4 Å². The van der Waals surface area contributed by atoms with E-state index in [0.717, 1.165) is 24.6 Å². The topological polar surface area (TPSA) is 68.8 Å². The van der Waals surface area contributed by atoms with E-state index < -0.39 is 0 Å². The Morgan fingerprint density at radius 1 is 1.07 bits per heavy atom. The number of aliphatic imine (C=N–C) groups is 1. The lowest BCUT2D eigenvalue weighted by Gasteiger charge is -2.41. The van der Waals surface area contributed by atoms with E-state index in [1.807, 2.05) is 31.2 Å². The van der Waals surface area contributed by atoms with Crippen molar-refractivity contribution >= 4 is 11.9 Å². The summed E-state index contributed by atoms with van der Waals surface area (Å²) in [5, 5.41) is 9.67. The van der Waals surface area contributed by atoms with Gasteiger partial charge in [-0.2, -0.15) is 0 Å². The zero-order valence-corrected chi connectivity index (χ0v) is 18.0. The first-order chi connectivity index (χ1) is 13.5. The van der Waals surface area contributed by atoms with E-state index in [1.54, 1.807) is 0 Å². The van der Waals surface area contributed by atoms with Gasteiger partial charge in [-0.3, -0.25) is 9.69 Å².